The van der Waals surface area contributed by atoms with E-state index in [1.807, 2.05) is 0 Å². The highest BCUT2D eigenvalue weighted by molar-refractivity contribution is 7.92. The molecule has 1 saturated carbocycles. The van der Waals surface area contributed by atoms with Crippen LogP contribution in [0.3, 0.4) is 0 Å². The third-order valence-electron chi connectivity index (χ3n) is 8.96. The maximum Gasteiger partial charge on any atom is 0.430 e. The van der Waals surface area contributed by atoms with Crippen LogP contribution in [0.15, 0.2) is 84.0 Å². The molecule has 262 valence electrons. The van der Waals surface area contributed by atoms with Crippen LogP contribution in [0.5, 0.6) is 0 Å². The lowest BCUT2D eigenvalue weighted by atomic mass is 9.75. The van der Waals surface area contributed by atoms with Crippen molar-refractivity contribution >= 4 is 15.6 Å². The first kappa shape index (κ1) is 36.1. The summed E-state index contributed by atoms with van der Waals surface area (Å²) in [5, 5.41) is 6.24. The van der Waals surface area contributed by atoms with Crippen molar-refractivity contribution < 1.29 is 57.5 Å². The van der Waals surface area contributed by atoms with Crippen LogP contribution in [0.25, 0.3) is 0 Å². The van der Waals surface area contributed by atoms with E-state index in [0.29, 0.717) is 29.8 Å². The minimum absolute atomic E-state index is 0.0325. The molecule has 1 N–H and O–H groups in total. The zero-order valence-electron chi connectivity index (χ0n) is 25.2. The molecule has 6 nitrogen and oxygen atoms in total. The molecule has 1 aromatic heterocycles. The van der Waals surface area contributed by atoms with E-state index in [9.17, 15) is 52.7 Å². The Hall–Kier alpha value is -4.18. The summed E-state index contributed by atoms with van der Waals surface area (Å²) in [7, 11) is -4.48. The molecule has 1 fully saturated rings. The molecule has 5 rings (SSSR count). The van der Waals surface area contributed by atoms with E-state index in [1.54, 1.807) is 0 Å². The van der Waals surface area contributed by atoms with Crippen molar-refractivity contribution in [3.63, 3.8) is 0 Å². The van der Waals surface area contributed by atoms with Gasteiger partial charge < -0.3 is 4.74 Å². The second-order valence-electron chi connectivity index (χ2n) is 11.8. The molecule has 0 radical (unpaired) electrons. The number of aromatic amines is 1. The monoisotopic (exact) mass is 718 g/mol. The van der Waals surface area contributed by atoms with Crippen molar-refractivity contribution in [2.24, 2.45) is 5.92 Å². The average molecular weight is 719 g/mol. The molecule has 49 heavy (non-hydrogen) atoms. The Morgan fingerprint density at radius 1 is 0.857 bits per heavy atom. The zero-order valence-corrected chi connectivity index (χ0v) is 26.0. The maximum absolute atomic E-state index is 14.5. The number of nitrogens with one attached hydrogen (secondary N) is 1. The van der Waals surface area contributed by atoms with Gasteiger partial charge in [-0.25, -0.2) is 21.6 Å². The van der Waals surface area contributed by atoms with Gasteiger partial charge in [0.25, 0.3) is 5.60 Å². The van der Waals surface area contributed by atoms with Gasteiger partial charge in [-0.15, -0.1) is 0 Å². The van der Waals surface area contributed by atoms with Gasteiger partial charge in [0.15, 0.2) is 15.6 Å². The summed E-state index contributed by atoms with van der Waals surface area (Å²) in [5.41, 5.74) is -7.59. The molecule has 0 saturated heterocycles. The number of rotatable bonds is 10. The SMILES string of the molecule is O=C(CC1CCC(c2ccc(C(OCc3c(F)cccc3F)(C(F)(F)F)C(F)(F)F)cc2)(S(=O)(=O)c2ccc(F)cc2)CC1)c1cn[nH]c1. The number of ether oxygens (including phenoxy) is 1. The number of alkyl halides is 6. The van der Waals surface area contributed by atoms with E-state index in [2.05, 4.69) is 14.9 Å². The number of carbonyl (C=O) groups excluding carboxylic acids is 1. The van der Waals surface area contributed by atoms with Gasteiger partial charge in [-0.3, -0.25) is 9.89 Å². The van der Waals surface area contributed by atoms with Crippen LogP contribution < -0.4 is 0 Å². The molecule has 0 spiro atoms. The van der Waals surface area contributed by atoms with E-state index in [-0.39, 0.29) is 54.3 Å². The first-order valence-corrected chi connectivity index (χ1v) is 16.2. The third-order valence-corrected chi connectivity index (χ3v) is 11.5. The lowest BCUT2D eigenvalue weighted by Crippen LogP contribution is -2.56. The fourth-order valence-electron chi connectivity index (χ4n) is 6.28. The predicted octanol–water partition coefficient (Wildman–Crippen LogP) is 8.50. The van der Waals surface area contributed by atoms with Crippen LogP contribution in [0.2, 0.25) is 0 Å². The normalized spacial score (nSPS) is 19.2. The summed E-state index contributed by atoms with van der Waals surface area (Å²) in [6, 6.07) is 8.42. The Morgan fingerprint density at radius 2 is 1.43 bits per heavy atom. The van der Waals surface area contributed by atoms with Gasteiger partial charge >= 0.3 is 12.4 Å². The van der Waals surface area contributed by atoms with Gasteiger partial charge in [-0.2, -0.15) is 31.4 Å². The van der Waals surface area contributed by atoms with Crippen molar-refractivity contribution in [3.05, 3.63) is 119 Å². The number of ketones is 1. The number of aromatic nitrogens is 2. The van der Waals surface area contributed by atoms with Crippen LogP contribution in [0.1, 0.15) is 59.2 Å². The van der Waals surface area contributed by atoms with E-state index in [4.69, 9.17) is 0 Å². The van der Waals surface area contributed by atoms with Gasteiger partial charge in [-0.1, -0.05) is 30.3 Å². The largest absolute Gasteiger partial charge is 0.430 e. The van der Waals surface area contributed by atoms with Gasteiger partial charge in [0.1, 0.15) is 22.2 Å². The molecule has 1 heterocycles. The van der Waals surface area contributed by atoms with E-state index in [0.717, 1.165) is 42.5 Å². The molecule has 0 atom stereocenters. The summed E-state index contributed by atoms with van der Waals surface area (Å²) in [6.07, 6.45) is -9.73. The average Bonchev–Trinajstić information content (AvgIpc) is 3.58. The lowest BCUT2D eigenvalue weighted by molar-refractivity contribution is -0.392. The minimum Gasteiger partial charge on any atom is -0.349 e. The molecule has 1 aliphatic carbocycles. The molecule has 4 aromatic rings. The summed E-state index contributed by atoms with van der Waals surface area (Å²) < 4.78 is 160. The smallest absolute Gasteiger partial charge is 0.349 e. The number of Topliss-reactive ketones (excluding diaryl/α,β-unsaturated/α-hetero) is 1. The van der Waals surface area contributed by atoms with Gasteiger partial charge in [0.2, 0.25) is 0 Å². The number of H-pyrrole nitrogens is 1. The molecular formula is C33H27F9N2O4S. The molecular weight excluding hydrogens is 691 g/mol. The third kappa shape index (κ3) is 6.59. The van der Waals surface area contributed by atoms with Crippen LogP contribution >= 0.6 is 0 Å². The first-order chi connectivity index (χ1) is 22.9. The second-order valence-corrected chi connectivity index (χ2v) is 14.0. The van der Waals surface area contributed by atoms with Gasteiger partial charge in [-0.05, 0) is 73.6 Å². The molecule has 0 bridgehead atoms. The molecule has 1 aliphatic rings. The Balaban J connectivity index is 1.55. The zero-order chi connectivity index (χ0) is 35.8. The number of halogens is 9. The quantitative estimate of drug-likeness (QED) is 0.101. The number of carbonyl (C=O) groups is 1. The van der Waals surface area contributed by atoms with Crippen LogP contribution in [0, 0.1) is 23.4 Å². The van der Waals surface area contributed by atoms with Gasteiger partial charge in [0.05, 0.1) is 23.3 Å². The second kappa shape index (κ2) is 13.3. The highest BCUT2D eigenvalue weighted by Gasteiger charge is 2.73. The van der Waals surface area contributed by atoms with Crippen LogP contribution in [0.4, 0.5) is 39.5 Å². The highest BCUT2D eigenvalue weighted by atomic mass is 32.2. The van der Waals surface area contributed by atoms with E-state index >= 15 is 0 Å². The predicted molar refractivity (Wildman–Crippen MR) is 156 cm³/mol. The Kier molecular flexibility index (Phi) is 9.78. The van der Waals surface area contributed by atoms with Gasteiger partial charge in [0, 0.05) is 23.7 Å². The Morgan fingerprint density at radius 3 is 1.94 bits per heavy atom. The topological polar surface area (TPSA) is 89.1 Å². The summed E-state index contributed by atoms with van der Waals surface area (Å²) in [5.74, 6) is -4.17. The van der Waals surface area contributed by atoms with Crippen molar-refractivity contribution in [2.75, 3.05) is 0 Å². The number of sulfone groups is 1. The number of hydrogen-bond acceptors (Lipinski definition) is 5. The molecule has 0 aliphatic heterocycles. The summed E-state index contributed by atoms with van der Waals surface area (Å²) in [4.78, 5) is 12.3. The van der Waals surface area contributed by atoms with Crippen molar-refractivity contribution in [3.8, 4) is 0 Å². The molecule has 16 heteroatoms. The molecule has 0 unspecified atom stereocenters. The minimum atomic E-state index is -6.20. The number of benzene rings is 3. The lowest BCUT2D eigenvalue weighted by Gasteiger charge is -2.41. The number of hydrogen-bond donors (Lipinski definition) is 1. The van der Waals surface area contributed by atoms with Crippen LogP contribution in [-0.4, -0.2) is 36.8 Å². The summed E-state index contributed by atoms with van der Waals surface area (Å²) >= 11 is 0. The van der Waals surface area contributed by atoms with Crippen LogP contribution in [-0.2, 0) is 31.5 Å². The Labute approximate surface area is 274 Å². The summed E-state index contributed by atoms with van der Waals surface area (Å²) in [6.45, 7) is -1.75. The van der Waals surface area contributed by atoms with E-state index in [1.165, 1.54) is 12.4 Å². The Bertz CT molecular complexity index is 1850. The fourth-order valence-corrected chi connectivity index (χ4v) is 8.44. The molecule has 3 aromatic carbocycles. The van der Waals surface area contributed by atoms with Crippen molar-refractivity contribution in [1.82, 2.24) is 10.2 Å². The first-order valence-electron chi connectivity index (χ1n) is 14.8. The fraction of sp³-hybridized carbons (Fsp3) is 0.333. The molecule has 0 amide bonds. The van der Waals surface area contributed by atoms with Crippen molar-refractivity contribution in [1.29, 1.82) is 0 Å². The van der Waals surface area contributed by atoms with E-state index < -0.39 is 67.7 Å². The maximum atomic E-state index is 14.5. The van der Waals surface area contributed by atoms with Crippen molar-refractivity contribution in [2.45, 2.75) is 66.3 Å². The standard InChI is InChI=1S/C33H27F9N2O4S/c34-24-8-10-25(11-9-24)49(46,47)30(14-12-20(13-15-30)16-29(45)21-17-43-44-18-21)22-4-6-23(7-5-22)31(32(37,38)39,33(40,41)42)48-19-26-27(35)2-1-3-28(26)36/h1-11,17-18,20H,12-16,19H2,(H,43,44). The number of nitrogens with zero attached hydrogens (tertiary/aromatic N) is 1. The highest BCUT2D eigenvalue weighted by Crippen LogP contribution is 2.55.